The van der Waals surface area contributed by atoms with Gasteiger partial charge in [-0.1, -0.05) is 48.6 Å². The Kier molecular flexibility index (Phi) is 3.50. The minimum Gasteiger partial charge on any atom is -0.267 e. The van der Waals surface area contributed by atoms with E-state index in [0.717, 1.165) is 12.1 Å². The molecule has 1 aromatic heterocycles. The summed E-state index contributed by atoms with van der Waals surface area (Å²) < 4.78 is 0. The first-order valence-electron chi connectivity index (χ1n) is 7.84. The number of nitrogens with zero attached hydrogens (tertiary/aromatic N) is 3. The average molecular weight is 303 g/mol. The van der Waals surface area contributed by atoms with Crippen molar-refractivity contribution in [3.05, 3.63) is 78.7 Å². The zero-order valence-electron chi connectivity index (χ0n) is 12.6. The number of aromatic nitrogens is 1. The smallest absolute Gasteiger partial charge is 0.267 e. The summed E-state index contributed by atoms with van der Waals surface area (Å²) in [4.78, 5) is 16.9. The van der Waals surface area contributed by atoms with Gasteiger partial charge in [-0.05, 0) is 12.1 Å². The number of hydrogen-bond donors (Lipinski definition) is 0. The van der Waals surface area contributed by atoms with Crippen LogP contribution in [0.25, 0.3) is 0 Å². The van der Waals surface area contributed by atoms with Crippen molar-refractivity contribution < 1.29 is 4.79 Å². The summed E-state index contributed by atoms with van der Waals surface area (Å²) in [6.45, 7) is 0. The van der Waals surface area contributed by atoms with Gasteiger partial charge in [0.05, 0.1) is 11.8 Å². The first-order valence-corrected chi connectivity index (χ1v) is 7.84. The number of amides is 1. The molecule has 1 atom stereocenters. The molecule has 0 saturated heterocycles. The van der Waals surface area contributed by atoms with Crippen LogP contribution in [0.3, 0.4) is 0 Å². The van der Waals surface area contributed by atoms with Crippen LogP contribution in [0.5, 0.6) is 0 Å². The van der Waals surface area contributed by atoms with Crippen LogP contribution < -0.4 is 0 Å². The normalized spacial score (nSPS) is 23.2. The number of hydrazone groups is 1. The highest BCUT2D eigenvalue weighted by atomic mass is 16.2. The molecule has 0 fully saturated rings. The maximum absolute atomic E-state index is 12.9. The molecule has 3 aliphatic rings. The second-order valence-corrected chi connectivity index (χ2v) is 5.89. The molecule has 0 saturated carbocycles. The van der Waals surface area contributed by atoms with Gasteiger partial charge in [0.25, 0.3) is 5.91 Å². The zero-order chi connectivity index (χ0) is 15.6. The van der Waals surface area contributed by atoms with E-state index in [2.05, 4.69) is 34.4 Å². The number of rotatable bonds is 3. The van der Waals surface area contributed by atoms with E-state index in [9.17, 15) is 4.79 Å². The third-order valence-electron chi connectivity index (χ3n) is 4.46. The first-order chi connectivity index (χ1) is 11.3. The summed E-state index contributed by atoms with van der Waals surface area (Å²) in [6, 6.07) is 3.52. The number of pyridine rings is 1. The quantitative estimate of drug-likeness (QED) is 0.861. The zero-order valence-corrected chi connectivity index (χ0v) is 12.6. The van der Waals surface area contributed by atoms with Crippen molar-refractivity contribution in [1.82, 2.24) is 9.99 Å². The highest BCUT2D eigenvalue weighted by Gasteiger charge is 2.37. The fraction of sp³-hybridized carbons (Fsp3) is 0.211. The van der Waals surface area contributed by atoms with Crippen molar-refractivity contribution in [3.63, 3.8) is 0 Å². The summed E-state index contributed by atoms with van der Waals surface area (Å²) in [5.74, 6) is 0.366. The summed E-state index contributed by atoms with van der Waals surface area (Å²) >= 11 is 0. The molecule has 2 heterocycles. The summed E-state index contributed by atoms with van der Waals surface area (Å²) in [7, 11) is 0. The molecule has 1 aliphatic heterocycles. The highest BCUT2D eigenvalue weighted by Crippen LogP contribution is 2.31. The van der Waals surface area contributed by atoms with Gasteiger partial charge in [-0.3, -0.25) is 9.78 Å². The Bertz CT molecular complexity index is 734. The lowest BCUT2D eigenvalue weighted by atomic mass is 9.92. The molecule has 1 aromatic rings. The Balaban J connectivity index is 1.65. The topological polar surface area (TPSA) is 45.6 Å². The Morgan fingerprint density at radius 2 is 1.65 bits per heavy atom. The van der Waals surface area contributed by atoms with Gasteiger partial charge in [0.15, 0.2) is 0 Å². The molecular formula is C19H17N3O. The van der Waals surface area contributed by atoms with E-state index in [1.165, 1.54) is 0 Å². The molecule has 4 nitrogen and oxygen atoms in total. The van der Waals surface area contributed by atoms with Crippen LogP contribution in [0.15, 0.2) is 78.2 Å². The molecule has 4 heteroatoms. The second-order valence-electron chi connectivity index (χ2n) is 5.89. The molecule has 0 aromatic carbocycles. The van der Waals surface area contributed by atoms with E-state index in [0.29, 0.717) is 5.56 Å². The van der Waals surface area contributed by atoms with Crippen molar-refractivity contribution in [2.24, 2.45) is 16.9 Å². The fourth-order valence-corrected chi connectivity index (χ4v) is 3.24. The van der Waals surface area contributed by atoms with E-state index >= 15 is 0 Å². The first kappa shape index (κ1) is 13.9. The lowest BCUT2D eigenvalue weighted by molar-refractivity contribution is 0.0692. The molecule has 0 radical (unpaired) electrons. The number of hydrogen-bond acceptors (Lipinski definition) is 3. The number of allylic oxidation sites excluding steroid dienone is 6. The van der Waals surface area contributed by atoms with E-state index < -0.39 is 0 Å². The van der Waals surface area contributed by atoms with Gasteiger partial charge in [-0.25, -0.2) is 5.01 Å². The highest BCUT2D eigenvalue weighted by molar-refractivity contribution is 5.99. The summed E-state index contributed by atoms with van der Waals surface area (Å²) in [5, 5.41) is 6.34. The van der Waals surface area contributed by atoms with Gasteiger partial charge in [-0.15, -0.1) is 0 Å². The van der Waals surface area contributed by atoms with E-state index in [1.807, 2.05) is 24.3 Å². The molecular weight excluding hydrogens is 286 g/mol. The molecule has 0 N–H and O–H groups in total. The molecule has 0 bridgehead atoms. The fourth-order valence-electron chi connectivity index (χ4n) is 3.24. The van der Waals surface area contributed by atoms with Gasteiger partial charge in [0.1, 0.15) is 0 Å². The minimum absolute atomic E-state index is 0.0445. The molecule has 4 rings (SSSR count). The van der Waals surface area contributed by atoms with Crippen LogP contribution in [0, 0.1) is 11.8 Å². The van der Waals surface area contributed by atoms with E-state index in [4.69, 9.17) is 0 Å². The van der Waals surface area contributed by atoms with Crippen molar-refractivity contribution in [2.75, 3.05) is 0 Å². The Labute approximate surface area is 135 Å². The predicted molar refractivity (Wildman–Crippen MR) is 89.8 cm³/mol. The van der Waals surface area contributed by atoms with Crippen LogP contribution in [0.2, 0.25) is 0 Å². The summed E-state index contributed by atoms with van der Waals surface area (Å²) in [6.07, 6.45) is 20.7. The molecule has 114 valence electrons. The lowest BCUT2D eigenvalue weighted by Crippen LogP contribution is -2.36. The van der Waals surface area contributed by atoms with Crippen LogP contribution in [0.4, 0.5) is 0 Å². The average Bonchev–Trinajstić information content (AvgIpc) is 3.34. The van der Waals surface area contributed by atoms with Crippen LogP contribution in [-0.4, -0.2) is 27.7 Å². The molecule has 2 aliphatic carbocycles. The SMILES string of the molecule is O=C(c1ccncc1)N1N=C(C2C=CC=C2)CC1C1C=CC=C1. The minimum atomic E-state index is -0.0629. The van der Waals surface area contributed by atoms with Crippen molar-refractivity contribution in [2.45, 2.75) is 12.5 Å². The van der Waals surface area contributed by atoms with Crippen molar-refractivity contribution in [3.8, 4) is 0 Å². The van der Waals surface area contributed by atoms with Gasteiger partial charge < -0.3 is 0 Å². The third kappa shape index (κ3) is 2.57. The van der Waals surface area contributed by atoms with Crippen LogP contribution in [0.1, 0.15) is 16.8 Å². The van der Waals surface area contributed by atoms with E-state index in [1.54, 1.807) is 29.5 Å². The van der Waals surface area contributed by atoms with Gasteiger partial charge in [0.2, 0.25) is 0 Å². The Morgan fingerprint density at radius 1 is 1.00 bits per heavy atom. The van der Waals surface area contributed by atoms with Gasteiger partial charge in [0, 0.05) is 36.2 Å². The van der Waals surface area contributed by atoms with Crippen molar-refractivity contribution in [1.29, 1.82) is 0 Å². The van der Waals surface area contributed by atoms with E-state index in [-0.39, 0.29) is 23.8 Å². The van der Waals surface area contributed by atoms with Crippen LogP contribution in [-0.2, 0) is 0 Å². The Morgan fingerprint density at radius 3 is 2.35 bits per heavy atom. The number of carbonyl (C=O) groups excluding carboxylic acids is 1. The molecule has 1 unspecified atom stereocenters. The standard InChI is InChI=1S/C19H17N3O/c23-19(16-9-11-20-12-10-16)22-18(15-7-3-4-8-15)13-17(21-22)14-5-1-2-6-14/h1-12,14-15,18H,13H2. The molecule has 0 spiro atoms. The monoisotopic (exact) mass is 303 g/mol. The van der Waals surface area contributed by atoms with Crippen LogP contribution >= 0.6 is 0 Å². The summed E-state index contributed by atoms with van der Waals surface area (Å²) in [5.41, 5.74) is 1.68. The number of carbonyl (C=O) groups is 1. The maximum atomic E-state index is 12.9. The maximum Gasteiger partial charge on any atom is 0.274 e. The van der Waals surface area contributed by atoms with Crippen molar-refractivity contribution >= 4 is 11.6 Å². The Hall–Kier alpha value is -2.75. The van der Waals surface area contributed by atoms with Gasteiger partial charge >= 0.3 is 0 Å². The third-order valence-corrected chi connectivity index (χ3v) is 4.46. The predicted octanol–water partition coefficient (Wildman–Crippen LogP) is 3.14. The lowest BCUT2D eigenvalue weighted by Gasteiger charge is -2.25. The second kappa shape index (κ2) is 5.80. The largest absolute Gasteiger partial charge is 0.274 e. The molecule has 1 amide bonds. The van der Waals surface area contributed by atoms with Gasteiger partial charge in [-0.2, -0.15) is 5.10 Å². The molecule has 23 heavy (non-hydrogen) atoms.